The van der Waals surface area contributed by atoms with E-state index in [-0.39, 0.29) is 27.0 Å². The van der Waals surface area contributed by atoms with Gasteiger partial charge in [0.1, 0.15) is 11.6 Å². The number of alkyl halides is 2. The lowest BCUT2D eigenvalue weighted by Gasteiger charge is -2.11. The van der Waals surface area contributed by atoms with E-state index in [0.717, 1.165) is 29.5 Å². The zero-order chi connectivity index (χ0) is 23.5. The Morgan fingerprint density at radius 1 is 1.16 bits per heavy atom. The number of ether oxygens (including phenoxy) is 1. The zero-order valence-electron chi connectivity index (χ0n) is 16.8. The monoisotopic (exact) mass is 485 g/mol. The number of carbonyl (C=O) groups is 1. The lowest BCUT2D eigenvalue weighted by atomic mass is 10.1. The van der Waals surface area contributed by atoms with Crippen molar-refractivity contribution < 1.29 is 31.1 Å². The number of aromatic nitrogens is 1. The predicted octanol–water partition coefficient (Wildman–Crippen LogP) is 4.49. The van der Waals surface area contributed by atoms with Gasteiger partial charge in [0.05, 0.1) is 16.2 Å². The van der Waals surface area contributed by atoms with Crippen molar-refractivity contribution in [2.75, 3.05) is 5.32 Å². The number of carbonyl (C=O) groups excluding carboxylic acids is 1. The second kappa shape index (κ2) is 9.67. The molecule has 0 atom stereocenters. The Bertz CT molecular complexity index is 1230. The molecule has 0 unspecified atom stereocenters. The van der Waals surface area contributed by atoms with Crippen LogP contribution < -0.4 is 14.8 Å². The average Bonchev–Trinajstić information content (AvgIpc) is 3.15. The van der Waals surface area contributed by atoms with Crippen molar-refractivity contribution in [2.24, 2.45) is 0 Å². The third-order valence-electron chi connectivity index (χ3n) is 3.99. The molecule has 0 aliphatic heterocycles. The largest absolute Gasteiger partial charge is 0.434 e. The highest BCUT2D eigenvalue weighted by molar-refractivity contribution is 7.89. The van der Waals surface area contributed by atoms with Gasteiger partial charge in [-0.05, 0) is 44.2 Å². The molecular formula is C20H18F3N3O4S2. The second-order valence-corrected chi connectivity index (χ2v) is 9.36. The molecule has 7 nitrogen and oxygen atoms in total. The summed E-state index contributed by atoms with van der Waals surface area (Å²) in [5, 5.41) is 3.96. The van der Waals surface area contributed by atoms with Crippen molar-refractivity contribution in [1.82, 2.24) is 9.71 Å². The first-order valence-electron chi connectivity index (χ1n) is 9.20. The number of rotatable bonds is 8. The average molecular weight is 486 g/mol. The van der Waals surface area contributed by atoms with Crippen LogP contribution in [0.4, 0.5) is 18.3 Å². The summed E-state index contributed by atoms with van der Waals surface area (Å²) < 4.78 is 71.0. The van der Waals surface area contributed by atoms with Gasteiger partial charge in [-0.2, -0.15) is 8.78 Å². The van der Waals surface area contributed by atoms with Gasteiger partial charge in [-0.15, -0.1) is 11.3 Å². The standard InChI is InChI=1S/C20H18F3N3O4S2/c1-11(2)26-32(28,29)12-7-8-15(21)14(9-12)18(27)25-20-24-16(10-31-20)13-5-3-4-6-17(13)30-19(22)23/h3-11,19,26H,1-2H3,(H,24,25,27). The van der Waals surface area contributed by atoms with Crippen LogP contribution in [-0.4, -0.2) is 32.0 Å². The van der Waals surface area contributed by atoms with Crippen LogP contribution in [0.5, 0.6) is 5.75 Å². The number of nitrogens with one attached hydrogen (secondary N) is 2. The Morgan fingerprint density at radius 2 is 1.88 bits per heavy atom. The summed E-state index contributed by atoms with van der Waals surface area (Å²) in [5.74, 6) is -1.92. The number of anilines is 1. The van der Waals surface area contributed by atoms with Crippen molar-refractivity contribution >= 4 is 32.4 Å². The first-order chi connectivity index (χ1) is 15.1. The van der Waals surface area contributed by atoms with Gasteiger partial charge in [-0.1, -0.05) is 12.1 Å². The van der Waals surface area contributed by atoms with E-state index in [0.29, 0.717) is 0 Å². The summed E-state index contributed by atoms with van der Waals surface area (Å²) in [5.41, 5.74) is 0.0536. The topological polar surface area (TPSA) is 97.4 Å². The molecule has 1 amide bonds. The van der Waals surface area contributed by atoms with E-state index in [2.05, 4.69) is 19.8 Å². The minimum atomic E-state index is -3.94. The van der Waals surface area contributed by atoms with Crippen LogP contribution in [-0.2, 0) is 10.0 Å². The van der Waals surface area contributed by atoms with Gasteiger partial charge in [0.25, 0.3) is 5.91 Å². The molecule has 3 aromatic rings. The van der Waals surface area contributed by atoms with Crippen LogP contribution in [0.2, 0.25) is 0 Å². The number of para-hydroxylation sites is 1. The number of hydrogen-bond acceptors (Lipinski definition) is 6. The summed E-state index contributed by atoms with van der Waals surface area (Å²) in [6.07, 6.45) is 0. The normalized spacial score (nSPS) is 11.7. The van der Waals surface area contributed by atoms with Crippen LogP contribution in [0.15, 0.2) is 52.7 Å². The summed E-state index contributed by atoms with van der Waals surface area (Å²) in [7, 11) is -3.94. The Kier molecular flexibility index (Phi) is 7.16. The molecule has 2 N–H and O–H groups in total. The zero-order valence-corrected chi connectivity index (χ0v) is 18.4. The minimum absolute atomic E-state index is 0.0600. The predicted molar refractivity (Wildman–Crippen MR) is 114 cm³/mol. The molecule has 0 aliphatic rings. The van der Waals surface area contributed by atoms with Crippen LogP contribution >= 0.6 is 11.3 Å². The number of nitrogens with zero attached hydrogens (tertiary/aromatic N) is 1. The van der Waals surface area contributed by atoms with Crippen molar-refractivity contribution in [2.45, 2.75) is 31.4 Å². The number of sulfonamides is 1. The maximum Gasteiger partial charge on any atom is 0.387 e. The van der Waals surface area contributed by atoms with Crippen LogP contribution in [0.25, 0.3) is 11.3 Å². The second-order valence-electron chi connectivity index (χ2n) is 6.78. The molecule has 1 aromatic heterocycles. The smallest absolute Gasteiger partial charge is 0.387 e. The molecule has 12 heteroatoms. The van der Waals surface area contributed by atoms with E-state index in [1.165, 1.54) is 23.6 Å². The highest BCUT2D eigenvalue weighted by Crippen LogP contribution is 2.33. The first kappa shape index (κ1) is 23.7. The quantitative estimate of drug-likeness (QED) is 0.490. The fourth-order valence-electron chi connectivity index (χ4n) is 2.72. The van der Waals surface area contributed by atoms with Gasteiger partial charge in [-0.25, -0.2) is 22.5 Å². The van der Waals surface area contributed by atoms with Gasteiger partial charge in [0, 0.05) is 17.0 Å². The maximum atomic E-state index is 14.2. The Balaban J connectivity index is 1.84. The van der Waals surface area contributed by atoms with Gasteiger partial charge < -0.3 is 4.74 Å². The number of benzene rings is 2. The molecule has 2 aromatic carbocycles. The van der Waals surface area contributed by atoms with Gasteiger partial charge >= 0.3 is 6.61 Å². The van der Waals surface area contributed by atoms with E-state index in [9.17, 15) is 26.4 Å². The summed E-state index contributed by atoms with van der Waals surface area (Å²) in [6.45, 7) is 0.226. The fourth-order valence-corrected chi connectivity index (χ4v) is 4.70. The summed E-state index contributed by atoms with van der Waals surface area (Å²) in [6, 6.07) is 8.47. The van der Waals surface area contributed by atoms with Crippen molar-refractivity contribution in [1.29, 1.82) is 0 Å². The van der Waals surface area contributed by atoms with Crippen LogP contribution in [0, 0.1) is 5.82 Å². The highest BCUT2D eigenvalue weighted by Gasteiger charge is 2.21. The molecule has 0 saturated carbocycles. The molecule has 170 valence electrons. The molecule has 3 rings (SSSR count). The fraction of sp³-hybridized carbons (Fsp3) is 0.200. The molecule has 0 fully saturated rings. The minimum Gasteiger partial charge on any atom is -0.434 e. The van der Waals surface area contributed by atoms with E-state index in [1.54, 1.807) is 19.9 Å². The third kappa shape index (κ3) is 5.64. The van der Waals surface area contributed by atoms with E-state index >= 15 is 0 Å². The van der Waals surface area contributed by atoms with Gasteiger partial charge in [0.2, 0.25) is 10.0 Å². The number of thiazole rings is 1. The Hall–Kier alpha value is -2.96. The molecule has 0 aliphatic carbocycles. The van der Waals surface area contributed by atoms with Crippen LogP contribution in [0.3, 0.4) is 0 Å². The van der Waals surface area contributed by atoms with Crippen molar-refractivity contribution in [3.8, 4) is 17.0 Å². The first-order valence-corrected chi connectivity index (χ1v) is 11.6. The van der Waals surface area contributed by atoms with Crippen LogP contribution in [0.1, 0.15) is 24.2 Å². The number of halogens is 3. The Morgan fingerprint density at radius 3 is 2.56 bits per heavy atom. The summed E-state index contributed by atoms with van der Waals surface area (Å²) >= 11 is 0.980. The molecule has 0 radical (unpaired) electrons. The molecule has 0 saturated heterocycles. The molecule has 0 spiro atoms. The van der Waals surface area contributed by atoms with E-state index in [1.807, 2.05) is 0 Å². The lowest BCUT2D eigenvalue weighted by molar-refractivity contribution is -0.0494. The third-order valence-corrected chi connectivity index (χ3v) is 6.40. The molecule has 0 bridgehead atoms. The SMILES string of the molecule is CC(C)NS(=O)(=O)c1ccc(F)c(C(=O)Nc2nc(-c3ccccc3OC(F)F)cs2)c1. The number of hydrogen-bond donors (Lipinski definition) is 2. The van der Waals surface area contributed by atoms with E-state index < -0.39 is 40.0 Å². The summed E-state index contributed by atoms with van der Waals surface area (Å²) in [4.78, 5) is 16.5. The van der Waals surface area contributed by atoms with Gasteiger partial charge in [-0.3, -0.25) is 10.1 Å². The van der Waals surface area contributed by atoms with Gasteiger partial charge in [0.15, 0.2) is 5.13 Å². The van der Waals surface area contributed by atoms with Crippen molar-refractivity contribution in [3.63, 3.8) is 0 Å². The highest BCUT2D eigenvalue weighted by atomic mass is 32.2. The Labute approximate surface area is 186 Å². The molecular weight excluding hydrogens is 467 g/mol. The molecule has 1 heterocycles. The maximum absolute atomic E-state index is 14.2. The lowest BCUT2D eigenvalue weighted by Crippen LogP contribution is -2.30. The van der Waals surface area contributed by atoms with Crippen molar-refractivity contribution in [3.05, 3.63) is 59.2 Å². The molecule has 32 heavy (non-hydrogen) atoms. The number of amides is 1. The van der Waals surface area contributed by atoms with E-state index in [4.69, 9.17) is 0 Å².